The zero-order chi connectivity index (χ0) is 20.1. The molecule has 3 aromatic rings. The molecular formula is C21H23N3O3S. The van der Waals surface area contributed by atoms with Gasteiger partial charge in [-0.05, 0) is 55.8 Å². The molecule has 0 radical (unpaired) electrons. The third-order valence-corrected chi connectivity index (χ3v) is 5.75. The molecule has 0 aliphatic carbocycles. The van der Waals surface area contributed by atoms with Crippen LogP contribution in [0, 0.1) is 0 Å². The van der Waals surface area contributed by atoms with Crippen molar-refractivity contribution in [3.8, 4) is 0 Å². The van der Waals surface area contributed by atoms with Gasteiger partial charge in [0.1, 0.15) is 5.69 Å². The van der Waals surface area contributed by atoms with Crippen LogP contribution in [0.1, 0.15) is 29.9 Å². The fourth-order valence-electron chi connectivity index (χ4n) is 2.83. The Balaban J connectivity index is 1.71. The molecule has 3 rings (SSSR count). The molecule has 6 nitrogen and oxygen atoms in total. The van der Waals surface area contributed by atoms with E-state index < -0.39 is 10.0 Å². The molecule has 146 valence electrons. The van der Waals surface area contributed by atoms with Crippen LogP contribution < -0.4 is 10.0 Å². The predicted molar refractivity (Wildman–Crippen MR) is 110 cm³/mol. The van der Waals surface area contributed by atoms with Crippen molar-refractivity contribution >= 4 is 21.6 Å². The van der Waals surface area contributed by atoms with Crippen molar-refractivity contribution in [1.82, 2.24) is 9.29 Å². The van der Waals surface area contributed by atoms with Gasteiger partial charge in [-0.25, -0.2) is 13.1 Å². The average molecular weight is 398 g/mol. The first kappa shape index (κ1) is 19.9. The van der Waals surface area contributed by atoms with Gasteiger partial charge in [-0.15, -0.1) is 0 Å². The molecular weight excluding hydrogens is 374 g/mol. The molecule has 0 saturated carbocycles. The van der Waals surface area contributed by atoms with E-state index >= 15 is 0 Å². The minimum atomic E-state index is -3.56. The van der Waals surface area contributed by atoms with Gasteiger partial charge < -0.3 is 9.88 Å². The first-order chi connectivity index (χ1) is 13.3. The molecule has 0 aliphatic rings. The molecule has 1 aromatic heterocycles. The zero-order valence-corrected chi connectivity index (χ0v) is 16.6. The van der Waals surface area contributed by atoms with Gasteiger partial charge in [-0.3, -0.25) is 4.79 Å². The molecule has 28 heavy (non-hydrogen) atoms. The van der Waals surface area contributed by atoms with Crippen molar-refractivity contribution in [2.45, 2.75) is 31.3 Å². The van der Waals surface area contributed by atoms with E-state index in [1.807, 2.05) is 47.2 Å². The van der Waals surface area contributed by atoms with E-state index in [9.17, 15) is 13.2 Å². The number of benzene rings is 2. The summed E-state index contributed by atoms with van der Waals surface area (Å²) in [5.41, 5.74) is 2.16. The lowest BCUT2D eigenvalue weighted by Gasteiger charge is -2.12. The van der Waals surface area contributed by atoms with Crippen LogP contribution in [-0.4, -0.2) is 24.9 Å². The fraction of sp³-hybridized carbons (Fsp3) is 0.190. The van der Waals surface area contributed by atoms with Crippen LogP contribution in [0.3, 0.4) is 0 Å². The van der Waals surface area contributed by atoms with Gasteiger partial charge in [0.25, 0.3) is 5.91 Å². The second-order valence-corrected chi connectivity index (χ2v) is 8.48. The highest BCUT2D eigenvalue weighted by Gasteiger charge is 2.16. The molecule has 7 heteroatoms. The summed E-state index contributed by atoms with van der Waals surface area (Å²) in [6.45, 7) is 4.11. The molecule has 2 aromatic carbocycles. The smallest absolute Gasteiger partial charge is 0.272 e. The van der Waals surface area contributed by atoms with E-state index in [1.54, 1.807) is 32.0 Å². The Hall–Kier alpha value is -2.90. The van der Waals surface area contributed by atoms with Crippen LogP contribution in [0.2, 0.25) is 0 Å². The van der Waals surface area contributed by atoms with Crippen molar-refractivity contribution < 1.29 is 13.2 Å². The molecule has 0 saturated heterocycles. The lowest BCUT2D eigenvalue weighted by molar-refractivity contribution is 0.101. The molecule has 0 unspecified atom stereocenters. The first-order valence-electron chi connectivity index (χ1n) is 8.98. The Bertz CT molecular complexity index is 1040. The maximum Gasteiger partial charge on any atom is 0.272 e. The Morgan fingerprint density at radius 2 is 1.64 bits per heavy atom. The number of hydrogen-bond donors (Lipinski definition) is 2. The molecule has 1 amide bonds. The van der Waals surface area contributed by atoms with Crippen LogP contribution in [0.4, 0.5) is 5.69 Å². The summed E-state index contributed by atoms with van der Waals surface area (Å²) < 4.78 is 28.8. The number of rotatable bonds is 7. The molecule has 0 aliphatic heterocycles. The number of nitrogens with zero attached hydrogens (tertiary/aromatic N) is 1. The number of hydrogen-bond acceptors (Lipinski definition) is 3. The van der Waals surface area contributed by atoms with E-state index in [2.05, 4.69) is 10.0 Å². The van der Waals surface area contributed by atoms with Crippen molar-refractivity contribution in [2.24, 2.45) is 0 Å². The fourth-order valence-corrected chi connectivity index (χ4v) is 4.08. The van der Waals surface area contributed by atoms with Crippen LogP contribution in [0.15, 0.2) is 77.8 Å². The maximum absolute atomic E-state index is 12.7. The van der Waals surface area contributed by atoms with Gasteiger partial charge in [-0.2, -0.15) is 0 Å². The number of sulfonamides is 1. The van der Waals surface area contributed by atoms with Crippen LogP contribution in [-0.2, 0) is 16.6 Å². The summed E-state index contributed by atoms with van der Waals surface area (Å²) in [7, 11) is -3.56. The van der Waals surface area contributed by atoms with Gasteiger partial charge in [0.05, 0.1) is 4.90 Å². The van der Waals surface area contributed by atoms with Crippen molar-refractivity contribution in [3.05, 3.63) is 84.2 Å². The van der Waals surface area contributed by atoms with Gasteiger partial charge >= 0.3 is 0 Å². The maximum atomic E-state index is 12.7. The van der Waals surface area contributed by atoms with E-state index in [-0.39, 0.29) is 16.8 Å². The van der Waals surface area contributed by atoms with E-state index in [1.165, 1.54) is 12.1 Å². The largest absolute Gasteiger partial charge is 0.339 e. The van der Waals surface area contributed by atoms with Gasteiger partial charge in [0, 0.05) is 24.5 Å². The normalized spacial score (nSPS) is 11.5. The predicted octanol–water partition coefficient (Wildman–Crippen LogP) is 3.48. The highest BCUT2D eigenvalue weighted by molar-refractivity contribution is 7.89. The van der Waals surface area contributed by atoms with Crippen LogP contribution in [0.5, 0.6) is 0 Å². The van der Waals surface area contributed by atoms with E-state index in [0.717, 1.165) is 5.56 Å². The Morgan fingerprint density at radius 1 is 0.964 bits per heavy atom. The molecule has 0 atom stereocenters. The van der Waals surface area contributed by atoms with E-state index in [0.29, 0.717) is 17.9 Å². The van der Waals surface area contributed by atoms with Gasteiger partial charge in [-0.1, -0.05) is 30.3 Å². The molecule has 0 spiro atoms. The summed E-state index contributed by atoms with van der Waals surface area (Å²) in [6, 6.07) is 19.4. The molecule has 2 N–H and O–H groups in total. The van der Waals surface area contributed by atoms with E-state index in [4.69, 9.17) is 0 Å². The SMILES string of the molecule is CC(C)NS(=O)(=O)c1ccc(NC(=O)c2cccn2Cc2ccccc2)cc1. The van der Waals surface area contributed by atoms with Crippen molar-refractivity contribution in [1.29, 1.82) is 0 Å². The number of carbonyl (C=O) groups excluding carboxylic acids is 1. The Kier molecular flexibility index (Phi) is 5.96. The molecule has 0 fully saturated rings. The number of nitrogens with one attached hydrogen (secondary N) is 2. The third kappa shape index (κ3) is 4.88. The standard InChI is InChI=1S/C21H23N3O3S/c1-16(2)23-28(26,27)19-12-10-18(11-13-19)22-21(25)20-9-6-14-24(20)15-17-7-4-3-5-8-17/h3-14,16,23H,15H2,1-2H3,(H,22,25). The summed E-state index contributed by atoms with van der Waals surface area (Å²) in [4.78, 5) is 12.8. The lowest BCUT2D eigenvalue weighted by atomic mass is 10.2. The summed E-state index contributed by atoms with van der Waals surface area (Å²) in [5, 5.41) is 2.81. The highest BCUT2D eigenvalue weighted by atomic mass is 32.2. The molecule has 1 heterocycles. The van der Waals surface area contributed by atoms with Gasteiger partial charge in [0.2, 0.25) is 10.0 Å². The van der Waals surface area contributed by atoms with Crippen LogP contribution >= 0.6 is 0 Å². The summed E-state index contributed by atoms with van der Waals surface area (Å²) in [5.74, 6) is -0.253. The Morgan fingerprint density at radius 3 is 2.29 bits per heavy atom. The topological polar surface area (TPSA) is 80.2 Å². The average Bonchev–Trinajstić information content (AvgIpc) is 3.10. The monoisotopic (exact) mass is 397 g/mol. The second-order valence-electron chi connectivity index (χ2n) is 6.76. The van der Waals surface area contributed by atoms with Gasteiger partial charge in [0.15, 0.2) is 0 Å². The minimum absolute atomic E-state index is 0.159. The summed E-state index contributed by atoms with van der Waals surface area (Å²) >= 11 is 0. The Labute approximate surface area is 165 Å². The van der Waals surface area contributed by atoms with Crippen molar-refractivity contribution in [3.63, 3.8) is 0 Å². The van der Waals surface area contributed by atoms with Crippen molar-refractivity contribution in [2.75, 3.05) is 5.32 Å². The first-order valence-corrected chi connectivity index (χ1v) is 10.5. The quantitative estimate of drug-likeness (QED) is 0.641. The minimum Gasteiger partial charge on any atom is -0.339 e. The molecule has 0 bridgehead atoms. The third-order valence-electron chi connectivity index (χ3n) is 4.07. The lowest BCUT2D eigenvalue weighted by Crippen LogP contribution is -2.30. The summed E-state index contributed by atoms with van der Waals surface area (Å²) in [6.07, 6.45) is 1.86. The number of carbonyl (C=O) groups is 1. The second kappa shape index (κ2) is 8.41. The number of aromatic nitrogens is 1. The highest BCUT2D eigenvalue weighted by Crippen LogP contribution is 2.16. The number of anilines is 1. The number of amides is 1. The zero-order valence-electron chi connectivity index (χ0n) is 15.8. The van der Waals surface area contributed by atoms with Crippen LogP contribution in [0.25, 0.3) is 0 Å².